The van der Waals surface area contributed by atoms with Crippen LogP contribution in [0.2, 0.25) is 0 Å². The number of hydrogen-bond acceptors (Lipinski definition) is 6. The van der Waals surface area contributed by atoms with Crippen molar-refractivity contribution in [1.29, 1.82) is 0 Å². The molecule has 2 aromatic carbocycles. The van der Waals surface area contributed by atoms with Crippen LogP contribution in [0.5, 0.6) is 0 Å². The molecule has 8 rings (SSSR count). The minimum atomic E-state index is -0.0295. The first-order valence-corrected chi connectivity index (χ1v) is 12.6. The number of hydrogen-bond donors (Lipinski definition) is 0. The summed E-state index contributed by atoms with van der Waals surface area (Å²) in [6.45, 7) is 0. The normalized spacial score (nSPS) is 18.4. The molecule has 0 radical (unpaired) electrons. The van der Waals surface area contributed by atoms with Crippen LogP contribution in [-0.4, -0.2) is 44.4 Å². The van der Waals surface area contributed by atoms with Gasteiger partial charge in [-0.3, -0.25) is 24.9 Å². The molecule has 2 aliphatic rings. The van der Waals surface area contributed by atoms with Crippen molar-refractivity contribution >= 4 is 61.6 Å². The summed E-state index contributed by atoms with van der Waals surface area (Å²) in [6, 6.07) is 20.7. The molecule has 6 aromatic rings. The number of rotatable bonds is 2. The Morgan fingerprint density at radius 2 is 1.42 bits per heavy atom. The van der Waals surface area contributed by atoms with Gasteiger partial charge in [-0.15, -0.1) is 0 Å². The van der Waals surface area contributed by atoms with Crippen LogP contribution in [0.4, 0.5) is 0 Å². The highest BCUT2D eigenvalue weighted by molar-refractivity contribution is 6.17. The number of allylic oxidation sites excluding steroid dienone is 2. The quantitative estimate of drug-likeness (QED) is 0.265. The molecule has 0 amide bonds. The summed E-state index contributed by atoms with van der Waals surface area (Å²) in [5.41, 5.74) is 7.80. The van der Waals surface area contributed by atoms with Crippen molar-refractivity contribution < 1.29 is 0 Å². The van der Waals surface area contributed by atoms with E-state index in [2.05, 4.69) is 70.7 Å². The van der Waals surface area contributed by atoms with Gasteiger partial charge in [-0.1, -0.05) is 36.4 Å². The van der Waals surface area contributed by atoms with Gasteiger partial charge >= 0.3 is 0 Å². The van der Waals surface area contributed by atoms with E-state index in [9.17, 15) is 0 Å². The zero-order valence-electron chi connectivity index (χ0n) is 20.2. The Balaban J connectivity index is 1.33. The first-order valence-electron chi connectivity index (χ1n) is 12.6. The van der Waals surface area contributed by atoms with Crippen molar-refractivity contribution in [2.24, 2.45) is 9.98 Å². The van der Waals surface area contributed by atoms with E-state index in [1.807, 2.05) is 36.8 Å². The van der Waals surface area contributed by atoms with Crippen molar-refractivity contribution in [3.63, 3.8) is 0 Å². The Hall–Kier alpha value is -5.10. The highest BCUT2D eigenvalue weighted by atomic mass is 14.9. The lowest BCUT2D eigenvalue weighted by atomic mass is 9.87. The third-order valence-electron chi connectivity index (χ3n) is 7.45. The average molecular weight is 489 g/mol. The van der Waals surface area contributed by atoms with Crippen molar-refractivity contribution in [2.75, 3.05) is 0 Å². The molecule has 4 aromatic heterocycles. The zero-order chi connectivity index (χ0) is 25.1. The van der Waals surface area contributed by atoms with Crippen LogP contribution in [0, 0.1) is 0 Å². The number of pyridine rings is 4. The van der Waals surface area contributed by atoms with E-state index >= 15 is 0 Å². The Kier molecular flexibility index (Phi) is 4.54. The van der Waals surface area contributed by atoms with Crippen LogP contribution in [0.3, 0.4) is 0 Å². The summed E-state index contributed by atoms with van der Waals surface area (Å²) >= 11 is 0. The van der Waals surface area contributed by atoms with Crippen LogP contribution < -0.4 is 0 Å². The Bertz CT molecular complexity index is 2050. The smallest absolute Gasteiger partial charge is 0.101 e. The van der Waals surface area contributed by atoms with E-state index in [-0.39, 0.29) is 12.1 Å². The molecule has 2 unspecified atom stereocenters. The van der Waals surface area contributed by atoms with Gasteiger partial charge in [0.05, 0.1) is 33.8 Å². The monoisotopic (exact) mass is 488 g/mol. The van der Waals surface area contributed by atoms with E-state index in [0.29, 0.717) is 0 Å². The third-order valence-corrected chi connectivity index (χ3v) is 7.45. The topological polar surface area (TPSA) is 76.3 Å². The number of aliphatic imine (C=N–C) groups is 2. The first kappa shape index (κ1) is 21.0. The minimum Gasteiger partial charge on any atom is -0.282 e. The molecular formula is C32H20N6. The highest BCUT2D eigenvalue weighted by Gasteiger charge is 2.27. The molecule has 0 spiro atoms. The molecule has 0 N–H and O–H groups in total. The molecule has 2 atom stereocenters. The van der Waals surface area contributed by atoms with Gasteiger partial charge in [-0.05, 0) is 53.6 Å². The molecule has 0 saturated carbocycles. The van der Waals surface area contributed by atoms with Gasteiger partial charge in [0.1, 0.15) is 6.04 Å². The van der Waals surface area contributed by atoms with Gasteiger partial charge in [0.25, 0.3) is 0 Å². The fourth-order valence-electron chi connectivity index (χ4n) is 5.67. The second-order valence-electron chi connectivity index (χ2n) is 9.52. The number of benzene rings is 2. The maximum absolute atomic E-state index is 5.18. The molecule has 6 heteroatoms. The van der Waals surface area contributed by atoms with Crippen molar-refractivity contribution in [1.82, 2.24) is 19.9 Å². The predicted molar refractivity (Wildman–Crippen MR) is 155 cm³/mol. The lowest BCUT2D eigenvalue weighted by Gasteiger charge is -2.26. The molecule has 0 bridgehead atoms. The fraction of sp³-hybridized carbons (Fsp3) is 0.0625. The molecule has 38 heavy (non-hydrogen) atoms. The summed E-state index contributed by atoms with van der Waals surface area (Å²) in [4.78, 5) is 28.5. The van der Waals surface area contributed by atoms with Gasteiger partial charge in [0, 0.05) is 58.1 Å². The van der Waals surface area contributed by atoms with Crippen LogP contribution >= 0.6 is 0 Å². The number of nitrogens with zero attached hydrogens (tertiary/aromatic N) is 6. The molecular weight excluding hydrogens is 468 g/mol. The van der Waals surface area contributed by atoms with Crippen molar-refractivity contribution in [3.8, 4) is 11.3 Å². The average Bonchev–Trinajstić information content (AvgIpc) is 2.99. The zero-order valence-corrected chi connectivity index (χ0v) is 20.2. The number of aromatic nitrogens is 4. The maximum Gasteiger partial charge on any atom is 0.101 e. The second kappa shape index (κ2) is 8.21. The second-order valence-corrected chi connectivity index (χ2v) is 9.52. The summed E-state index contributed by atoms with van der Waals surface area (Å²) in [6.07, 6.45) is 15.4. The van der Waals surface area contributed by atoms with E-state index in [4.69, 9.17) is 19.9 Å². The van der Waals surface area contributed by atoms with Crippen LogP contribution in [0.15, 0.2) is 107 Å². The summed E-state index contributed by atoms with van der Waals surface area (Å²) in [5.74, 6) is 0. The SMILES string of the molecule is C1=CC2N=CC=NC2C(c2ccnc3c2ccc2ccc(-c4ccnc5c4ccc4ncccc45)nc23)=C1. The van der Waals surface area contributed by atoms with Crippen LogP contribution in [-0.2, 0) is 0 Å². The van der Waals surface area contributed by atoms with Gasteiger partial charge in [-0.2, -0.15) is 0 Å². The van der Waals surface area contributed by atoms with E-state index < -0.39 is 0 Å². The predicted octanol–water partition coefficient (Wildman–Crippen LogP) is 6.39. The fourth-order valence-corrected chi connectivity index (χ4v) is 5.67. The van der Waals surface area contributed by atoms with E-state index in [1.165, 1.54) is 0 Å². The summed E-state index contributed by atoms with van der Waals surface area (Å²) < 4.78 is 0. The summed E-state index contributed by atoms with van der Waals surface area (Å²) in [5, 5.41) is 4.20. The molecule has 1 aliphatic carbocycles. The Morgan fingerprint density at radius 1 is 0.605 bits per heavy atom. The van der Waals surface area contributed by atoms with E-state index in [0.717, 1.165) is 66.0 Å². The Labute approximate surface area is 217 Å². The van der Waals surface area contributed by atoms with Crippen LogP contribution in [0.25, 0.3) is 60.4 Å². The molecule has 5 heterocycles. The highest BCUT2D eigenvalue weighted by Crippen LogP contribution is 2.36. The standard InChI is InChI=1S/C32H20N6/c1-3-22(31-28(5-1)34-17-18-37-31)20-12-15-36-32-23(20)8-6-19-7-10-27(38-29(19)32)21-13-16-35-30-24(21)9-11-26-25(30)4-2-14-33-26/h1-18,28,31H. The molecule has 0 saturated heterocycles. The molecule has 6 nitrogen and oxygen atoms in total. The van der Waals surface area contributed by atoms with Gasteiger partial charge in [0.15, 0.2) is 0 Å². The van der Waals surface area contributed by atoms with E-state index in [1.54, 1.807) is 12.4 Å². The first-order chi connectivity index (χ1) is 18.8. The number of fused-ring (bicyclic) bond motifs is 7. The lowest BCUT2D eigenvalue weighted by molar-refractivity contribution is 0.718. The van der Waals surface area contributed by atoms with Gasteiger partial charge in [0.2, 0.25) is 0 Å². The molecule has 0 fully saturated rings. The maximum atomic E-state index is 5.18. The minimum absolute atomic E-state index is 0.0275. The Morgan fingerprint density at radius 3 is 2.39 bits per heavy atom. The third kappa shape index (κ3) is 3.13. The summed E-state index contributed by atoms with van der Waals surface area (Å²) in [7, 11) is 0. The lowest BCUT2D eigenvalue weighted by Crippen LogP contribution is -2.27. The van der Waals surface area contributed by atoms with Gasteiger partial charge in [-0.25, -0.2) is 4.98 Å². The largest absolute Gasteiger partial charge is 0.282 e. The van der Waals surface area contributed by atoms with Gasteiger partial charge < -0.3 is 0 Å². The van der Waals surface area contributed by atoms with Crippen molar-refractivity contribution in [2.45, 2.75) is 12.1 Å². The molecule has 1 aliphatic heterocycles. The van der Waals surface area contributed by atoms with Crippen LogP contribution in [0.1, 0.15) is 5.56 Å². The van der Waals surface area contributed by atoms with Crippen molar-refractivity contribution in [3.05, 3.63) is 103 Å². The molecule has 178 valence electrons.